The Balaban J connectivity index is 1.57. The molecule has 6 nitrogen and oxygen atoms in total. The Morgan fingerprint density at radius 3 is 2.32 bits per heavy atom. The van der Waals surface area contributed by atoms with Crippen LogP contribution in [0.25, 0.3) is 0 Å². The Morgan fingerprint density at radius 2 is 1.64 bits per heavy atom. The molecule has 3 aromatic carbocycles. The van der Waals surface area contributed by atoms with E-state index in [1.807, 2.05) is 12.1 Å². The summed E-state index contributed by atoms with van der Waals surface area (Å²) in [6, 6.07) is 19.8. The van der Waals surface area contributed by atoms with Gasteiger partial charge in [-0.05, 0) is 88.8 Å². The topological polar surface area (TPSA) is 88.0 Å². The minimum absolute atomic E-state index is 0.0859. The quantitative estimate of drug-likeness (QED) is 0.188. The molecule has 0 radical (unpaired) electrons. The summed E-state index contributed by atoms with van der Waals surface area (Å²) in [5.74, 6) is -0.315. The highest BCUT2D eigenvalue weighted by molar-refractivity contribution is 14.1. The Bertz CT molecular complexity index is 1020. The summed E-state index contributed by atoms with van der Waals surface area (Å²) in [6.07, 6.45) is 1.48. The number of ether oxygens (including phenoxy) is 1. The minimum atomic E-state index is -0.424. The van der Waals surface area contributed by atoms with Crippen molar-refractivity contribution in [2.75, 3.05) is 0 Å². The lowest BCUT2D eigenvalue weighted by Crippen LogP contribution is -2.17. The third-order valence-electron chi connectivity index (χ3n) is 3.69. The van der Waals surface area contributed by atoms with Crippen molar-refractivity contribution in [2.45, 2.75) is 0 Å². The lowest BCUT2D eigenvalue weighted by atomic mass is 10.2. The van der Waals surface area contributed by atoms with E-state index in [-0.39, 0.29) is 11.7 Å². The number of aromatic hydroxyl groups is 1. The maximum absolute atomic E-state index is 12.2. The molecule has 0 heterocycles. The second-order valence-electron chi connectivity index (χ2n) is 5.68. The van der Waals surface area contributed by atoms with E-state index in [1.54, 1.807) is 36.4 Å². The first-order chi connectivity index (χ1) is 13.5. The number of phenolic OH excluding ortho intramolecular Hbond substituents is 1. The fraction of sp³-hybridized carbons (Fsp3) is 0. The molecular weight excluding hydrogens is 471 g/mol. The molecule has 0 spiro atoms. The molecule has 0 bridgehead atoms. The third kappa shape index (κ3) is 5.17. The van der Waals surface area contributed by atoms with Crippen LogP contribution in [0.5, 0.6) is 11.5 Å². The first-order valence-electron chi connectivity index (χ1n) is 8.22. The number of benzene rings is 3. The van der Waals surface area contributed by atoms with Crippen molar-refractivity contribution in [1.82, 2.24) is 5.43 Å². The number of carbonyl (C=O) groups is 2. The maximum atomic E-state index is 12.2. The van der Waals surface area contributed by atoms with Crippen molar-refractivity contribution < 1.29 is 19.4 Å². The highest BCUT2D eigenvalue weighted by Crippen LogP contribution is 2.17. The summed E-state index contributed by atoms with van der Waals surface area (Å²) < 4.78 is 6.19. The van der Waals surface area contributed by atoms with Crippen LogP contribution in [0.2, 0.25) is 0 Å². The molecule has 0 aliphatic rings. The molecule has 0 atom stereocenters. The van der Waals surface area contributed by atoms with E-state index >= 15 is 0 Å². The van der Waals surface area contributed by atoms with Gasteiger partial charge in [-0.3, -0.25) is 4.79 Å². The average molecular weight is 486 g/mol. The van der Waals surface area contributed by atoms with Gasteiger partial charge in [-0.15, -0.1) is 0 Å². The maximum Gasteiger partial charge on any atom is 0.344 e. The van der Waals surface area contributed by atoms with E-state index in [1.165, 1.54) is 30.5 Å². The fourth-order valence-electron chi connectivity index (χ4n) is 2.25. The van der Waals surface area contributed by atoms with Crippen LogP contribution in [0.4, 0.5) is 0 Å². The first-order valence-corrected chi connectivity index (χ1v) is 9.30. The zero-order valence-corrected chi connectivity index (χ0v) is 16.7. The predicted octanol–water partition coefficient (Wildman–Crippen LogP) is 3.98. The summed E-state index contributed by atoms with van der Waals surface area (Å²) >= 11 is 2.08. The SMILES string of the molecule is O=C(N/N=C/c1ccc(OC(=O)c2ccccc2I)cc1)c1ccc(O)cc1. The molecule has 0 unspecified atom stereocenters. The van der Waals surface area contributed by atoms with E-state index in [0.717, 1.165) is 9.13 Å². The van der Waals surface area contributed by atoms with Crippen molar-refractivity contribution in [3.63, 3.8) is 0 Å². The number of hydrazone groups is 1. The molecule has 7 heteroatoms. The molecule has 2 N–H and O–H groups in total. The smallest absolute Gasteiger partial charge is 0.344 e. The van der Waals surface area contributed by atoms with Crippen molar-refractivity contribution in [3.8, 4) is 11.5 Å². The van der Waals surface area contributed by atoms with Crippen LogP contribution in [-0.4, -0.2) is 23.2 Å². The van der Waals surface area contributed by atoms with E-state index in [0.29, 0.717) is 16.9 Å². The van der Waals surface area contributed by atoms with Gasteiger partial charge in [0.1, 0.15) is 11.5 Å². The molecule has 0 aliphatic heterocycles. The van der Waals surface area contributed by atoms with Gasteiger partial charge in [0.05, 0.1) is 11.8 Å². The summed E-state index contributed by atoms with van der Waals surface area (Å²) in [4.78, 5) is 24.1. The van der Waals surface area contributed by atoms with Gasteiger partial charge >= 0.3 is 5.97 Å². The van der Waals surface area contributed by atoms with Gasteiger partial charge in [-0.1, -0.05) is 12.1 Å². The Morgan fingerprint density at radius 1 is 0.964 bits per heavy atom. The molecule has 0 aliphatic carbocycles. The molecule has 0 saturated heterocycles. The lowest BCUT2D eigenvalue weighted by Gasteiger charge is -2.06. The molecule has 0 fully saturated rings. The second-order valence-corrected chi connectivity index (χ2v) is 6.85. The number of esters is 1. The Kier molecular flexibility index (Phi) is 6.38. The molecule has 3 aromatic rings. The van der Waals surface area contributed by atoms with E-state index in [4.69, 9.17) is 4.74 Å². The lowest BCUT2D eigenvalue weighted by molar-refractivity contribution is 0.0733. The number of nitrogens with one attached hydrogen (secondary N) is 1. The molecule has 0 saturated carbocycles. The van der Waals surface area contributed by atoms with Gasteiger partial charge in [0.15, 0.2) is 0 Å². The van der Waals surface area contributed by atoms with Crippen LogP contribution < -0.4 is 10.2 Å². The van der Waals surface area contributed by atoms with Gasteiger partial charge in [0, 0.05) is 9.13 Å². The van der Waals surface area contributed by atoms with Crippen LogP contribution in [0.3, 0.4) is 0 Å². The van der Waals surface area contributed by atoms with Crippen molar-refractivity contribution in [2.24, 2.45) is 5.10 Å². The zero-order chi connectivity index (χ0) is 19.9. The van der Waals surface area contributed by atoms with Gasteiger partial charge in [-0.25, -0.2) is 10.2 Å². The monoisotopic (exact) mass is 486 g/mol. The number of hydrogen-bond acceptors (Lipinski definition) is 5. The standard InChI is InChI=1S/C21H15IN2O4/c22-19-4-2-1-3-18(19)21(27)28-17-11-5-14(6-12-17)13-23-24-20(26)15-7-9-16(25)10-8-15/h1-13,25H,(H,24,26)/b23-13+. The van der Waals surface area contributed by atoms with E-state index < -0.39 is 5.97 Å². The summed E-state index contributed by atoms with van der Waals surface area (Å²) in [5, 5.41) is 13.1. The van der Waals surface area contributed by atoms with Gasteiger partial charge in [0.25, 0.3) is 5.91 Å². The molecule has 140 valence electrons. The van der Waals surface area contributed by atoms with E-state index in [2.05, 4.69) is 33.1 Å². The summed E-state index contributed by atoms with van der Waals surface area (Å²) in [6.45, 7) is 0. The van der Waals surface area contributed by atoms with E-state index in [9.17, 15) is 14.7 Å². The van der Waals surface area contributed by atoms with Crippen LogP contribution in [0.1, 0.15) is 26.3 Å². The third-order valence-corrected chi connectivity index (χ3v) is 4.63. The fourth-order valence-corrected chi connectivity index (χ4v) is 2.86. The number of rotatable bonds is 5. The van der Waals surface area contributed by atoms with Crippen LogP contribution >= 0.6 is 22.6 Å². The normalized spacial score (nSPS) is 10.6. The number of amides is 1. The van der Waals surface area contributed by atoms with Crippen molar-refractivity contribution in [1.29, 1.82) is 0 Å². The number of carbonyl (C=O) groups excluding carboxylic acids is 2. The number of phenols is 1. The summed E-state index contributed by atoms with van der Waals surface area (Å²) in [5.41, 5.74) is 4.01. The Hall–Kier alpha value is -3.20. The number of hydrogen-bond donors (Lipinski definition) is 2. The van der Waals surface area contributed by atoms with Crippen LogP contribution in [-0.2, 0) is 0 Å². The van der Waals surface area contributed by atoms with Crippen LogP contribution in [0.15, 0.2) is 77.9 Å². The number of halogens is 1. The average Bonchev–Trinajstić information content (AvgIpc) is 2.70. The largest absolute Gasteiger partial charge is 0.508 e. The summed E-state index contributed by atoms with van der Waals surface area (Å²) in [7, 11) is 0. The second kappa shape index (κ2) is 9.14. The molecule has 0 aromatic heterocycles. The van der Waals surface area contributed by atoms with Gasteiger partial charge in [0.2, 0.25) is 0 Å². The highest BCUT2D eigenvalue weighted by atomic mass is 127. The van der Waals surface area contributed by atoms with Gasteiger partial charge in [-0.2, -0.15) is 5.10 Å². The van der Waals surface area contributed by atoms with Gasteiger partial charge < -0.3 is 9.84 Å². The predicted molar refractivity (Wildman–Crippen MR) is 114 cm³/mol. The molecule has 1 amide bonds. The van der Waals surface area contributed by atoms with Crippen molar-refractivity contribution >= 4 is 40.7 Å². The molecule has 3 rings (SSSR count). The van der Waals surface area contributed by atoms with Crippen LogP contribution in [0, 0.1) is 3.57 Å². The zero-order valence-electron chi connectivity index (χ0n) is 14.5. The molecule has 28 heavy (non-hydrogen) atoms. The highest BCUT2D eigenvalue weighted by Gasteiger charge is 2.11. The number of nitrogens with zero attached hydrogens (tertiary/aromatic N) is 1. The Labute approximate surface area is 175 Å². The minimum Gasteiger partial charge on any atom is -0.508 e. The molecular formula is C21H15IN2O4. The first kappa shape index (κ1) is 19.6. The van der Waals surface area contributed by atoms with Crippen molar-refractivity contribution in [3.05, 3.63) is 93.1 Å².